The van der Waals surface area contributed by atoms with E-state index < -0.39 is 0 Å². The quantitative estimate of drug-likeness (QED) is 0.591. The lowest BCUT2D eigenvalue weighted by molar-refractivity contribution is 0.0954. The van der Waals surface area contributed by atoms with Gasteiger partial charge < -0.3 is 5.32 Å². The number of hydrogen-bond acceptors (Lipinski definition) is 5. The molecule has 6 nitrogen and oxygen atoms in total. The van der Waals surface area contributed by atoms with Crippen molar-refractivity contribution in [1.29, 1.82) is 0 Å². The number of nitrogens with zero attached hydrogens (tertiary/aromatic N) is 4. The largest absolute Gasteiger partial charge is 0.352 e. The van der Waals surface area contributed by atoms with Crippen molar-refractivity contribution in [3.63, 3.8) is 0 Å². The maximum atomic E-state index is 12.3. The zero-order valence-corrected chi connectivity index (χ0v) is 15.0. The molecule has 4 aromatic rings. The van der Waals surface area contributed by atoms with E-state index in [-0.39, 0.29) is 5.91 Å². The van der Waals surface area contributed by atoms with Crippen molar-refractivity contribution in [3.8, 4) is 11.1 Å². The van der Waals surface area contributed by atoms with Gasteiger partial charge in [0, 0.05) is 18.5 Å². The molecule has 26 heavy (non-hydrogen) atoms. The minimum Gasteiger partial charge on any atom is -0.352 e. The zero-order chi connectivity index (χ0) is 17.9. The van der Waals surface area contributed by atoms with Crippen LogP contribution in [0.5, 0.6) is 0 Å². The molecule has 130 valence electrons. The molecule has 0 unspecified atom stereocenters. The van der Waals surface area contributed by atoms with Crippen LogP contribution < -0.4 is 5.32 Å². The van der Waals surface area contributed by atoms with Gasteiger partial charge in [-0.3, -0.25) is 4.79 Å². The van der Waals surface area contributed by atoms with Crippen LogP contribution in [-0.2, 0) is 6.42 Å². The first-order valence-electron chi connectivity index (χ1n) is 8.32. The smallest absolute Gasteiger partial charge is 0.251 e. The molecule has 0 spiro atoms. The lowest BCUT2D eigenvalue weighted by Gasteiger charge is -2.06. The molecule has 2 aromatic heterocycles. The van der Waals surface area contributed by atoms with E-state index in [2.05, 4.69) is 32.7 Å². The van der Waals surface area contributed by atoms with Crippen LogP contribution in [-0.4, -0.2) is 32.3 Å². The summed E-state index contributed by atoms with van der Waals surface area (Å²) in [6.45, 7) is 2.40. The summed E-state index contributed by atoms with van der Waals surface area (Å²) in [7, 11) is 0. The van der Waals surface area contributed by atoms with Crippen LogP contribution in [0.2, 0.25) is 0 Å². The van der Waals surface area contributed by atoms with Gasteiger partial charge in [0.05, 0.1) is 0 Å². The van der Waals surface area contributed by atoms with Gasteiger partial charge in [-0.2, -0.15) is 9.61 Å². The Morgan fingerprint density at radius 1 is 1.04 bits per heavy atom. The van der Waals surface area contributed by atoms with Gasteiger partial charge in [-0.15, -0.1) is 10.2 Å². The Kier molecular flexibility index (Phi) is 4.45. The predicted octanol–water partition coefficient (Wildman–Crippen LogP) is 3.13. The van der Waals surface area contributed by atoms with Crippen LogP contribution in [0.15, 0.2) is 54.6 Å². The topological polar surface area (TPSA) is 72.2 Å². The molecular weight excluding hydrogens is 346 g/mol. The van der Waals surface area contributed by atoms with E-state index >= 15 is 0 Å². The first-order chi connectivity index (χ1) is 12.7. The summed E-state index contributed by atoms with van der Waals surface area (Å²) >= 11 is 1.49. The van der Waals surface area contributed by atoms with Gasteiger partial charge in [-0.25, -0.2) is 0 Å². The third-order valence-corrected chi connectivity index (χ3v) is 5.03. The van der Waals surface area contributed by atoms with Gasteiger partial charge in [0.25, 0.3) is 5.91 Å². The van der Waals surface area contributed by atoms with Gasteiger partial charge >= 0.3 is 0 Å². The summed E-state index contributed by atoms with van der Waals surface area (Å²) in [6, 6.07) is 17.7. The molecule has 0 radical (unpaired) electrons. The number of nitrogens with one attached hydrogen (secondary N) is 1. The molecule has 0 bridgehead atoms. The molecule has 2 heterocycles. The minimum absolute atomic E-state index is 0.0798. The fourth-order valence-corrected chi connectivity index (χ4v) is 3.56. The Labute approximate surface area is 154 Å². The minimum atomic E-state index is -0.0798. The highest BCUT2D eigenvalue weighted by molar-refractivity contribution is 7.16. The van der Waals surface area contributed by atoms with Crippen LogP contribution in [0.1, 0.15) is 21.2 Å². The molecule has 0 aliphatic heterocycles. The summed E-state index contributed by atoms with van der Waals surface area (Å²) in [6.07, 6.45) is 0.668. The highest BCUT2D eigenvalue weighted by Crippen LogP contribution is 2.19. The molecule has 0 fully saturated rings. The van der Waals surface area contributed by atoms with Crippen molar-refractivity contribution >= 4 is 22.2 Å². The molecule has 1 N–H and O–H groups in total. The number of hydrogen-bond donors (Lipinski definition) is 1. The number of amides is 1. The molecule has 7 heteroatoms. The van der Waals surface area contributed by atoms with Crippen molar-refractivity contribution in [2.75, 3.05) is 6.54 Å². The Morgan fingerprint density at radius 2 is 1.77 bits per heavy atom. The fraction of sp³-hybridized carbons (Fsp3) is 0.158. The summed E-state index contributed by atoms with van der Waals surface area (Å²) in [5, 5.41) is 16.3. The molecule has 0 saturated heterocycles. The molecule has 0 aliphatic rings. The number of rotatable bonds is 5. The van der Waals surface area contributed by atoms with Gasteiger partial charge in [0.15, 0.2) is 5.82 Å². The number of aromatic nitrogens is 4. The molecule has 0 saturated carbocycles. The van der Waals surface area contributed by atoms with Gasteiger partial charge in [-0.1, -0.05) is 53.8 Å². The maximum Gasteiger partial charge on any atom is 0.251 e. The number of carbonyl (C=O) groups is 1. The van der Waals surface area contributed by atoms with E-state index in [0.29, 0.717) is 18.5 Å². The van der Waals surface area contributed by atoms with E-state index in [4.69, 9.17) is 0 Å². The summed E-state index contributed by atoms with van der Waals surface area (Å²) in [4.78, 5) is 13.1. The Balaban J connectivity index is 1.35. The second-order valence-corrected chi connectivity index (χ2v) is 6.93. The monoisotopic (exact) mass is 363 g/mol. The standard InChI is InChI=1S/C19H17N5OS/c1-13-21-22-19-24(13)23-17(26-19)11-12-20-18(25)16-9-7-15(8-10-16)14-5-3-2-4-6-14/h2-10H,11-12H2,1H3,(H,20,25). The van der Waals surface area contributed by atoms with Crippen molar-refractivity contribution in [1.82, 2.24) is 25.1 Å². The first-order valence-corrected chi connectivity index (χ1v) is 9.14. The second-order valence-electron chi connectivity index (χ2n) is 5.89. The number of fused-ring (bicyclic) bond motifs is 1. The zero-order valence-electron chi connectivity index (χ0n) is 14.2. The van der Waals surface area contributed by atoms with Crippen molar-refractivity contribution in [3.05, 3.63) is 71.0 Å². The summed E-state index contributed by atoms with van der Waals surface area (Å²) < 4.78 is 1.73. The van der Waals surface area contributed by atoms with E-state index in [1.165, 1.54) is 11.3 Å². The Bertz CT molecular complexity index is 1040. The SMILES string of the molecule is Cc1nnc2sc(CCNC(=O)c3ccc(-c4ccccc4)cc3)nn12. The molecule has 1 amide bonds. The van der Waals surface area contributed by atoms with E-state index in [0.717, 1.165) is 26.9 Å². The number of carbonyl (C=O) groups excluding carboxylic acids is 1. The lowest BCUT2D eigenvalue weighted by Crippen LogP contribution is -2.25. The Morgan fingerprint density at radius 3 is 2.50 bits per heavy atom. The summed E-state index contributed by atoms with van der Waals surface area (Å²) in [5.41, 5.74) is 2.88. The number of benzene rings is 2. The van der Waals surface area contributed by atoms with Gasteiger partial charge in [0.1, 0.15) is 5.01 Å². The Hall–Kier alpha value is -3.06. The average Bonchev–Trinajstić information content (AvgIpc) is 3.24. The predicted molar refractivity (Wildman–Crippen MR) is 101 cm³/mol. The molecule has 4 rings (SSSR count). The van der Waals surface area contributed by atoms with Crippen LogP contribution in [0.3, 0.4) is 0 Å². The fourth-order valence-electron chi connectivity index (χ4n) is 2.69. The molecule has 0 aliphatic carbocycles. The highest BCUT2D eigenvalue weighted by Gasteiger charge is 2.10. The second kappa shape index (κ2) is 7.05. The third kappa shape index (κ3) is 3.34. The van der Waals surface area contributed by atoms with E-state index in [9.17, 15) is 4.79 Å². The van der Waals surface area contributed by atoms with E-state index in [1.54, 1.807) is 4.52 Å². The normalized spacial score (nSPS) is 11.0. The first kappa shape index (κ1) is 16.4. The van der Waals surface area contributed by atoms with Crippen molar-refractivity contribution < 1.29 is 4.79 Å². The van der Waals surface area contributed by atoms with Crippen LogP contribution in [0, 0.1) is 6.92 Å². The van der Waals surface area contributed by atoms with Crippen molar-refractivity contribution in [2.24, 2.45) is 0 Å². The van der Waals surface area contributed by atoms with Crippen LogP contribution in [0.4, 0.5) is 0 Å². The average molecular weight is 363 g/mol. The molecular formula is C19H17N5OS. The maximum absolute atomic E-state index is 12.3. The van der Waals surface area contributed by atoms with Gasteiger partial charge in [0.2, 0.25) is 4.96 Å². The van der Waals surface area contributed by atoms with E-state index in [1.807, 2.05) is 49.4 Å². The van der Waals surface area contributed by atoms with Crippen LogP contribution in [0.25, 0.3) is 16.1 Å². The lowest BCUT2D eigenvalue weighted by atomic mass is 10.0. The highest BCUT2D eigenvalue weighted by atomic mass is 32.1. The molecule has 2 aromatic carbocycles. The summed E-state index contributed by atoms with van der Waals surface area (Å²) in [5.74, 6) is 0.689. The number of aryl methyl sites for hydroxylation is 1. The molecule has 0 atom stereocenters. The third-order valence-electron chi connectivity index (χ3n) is 4.07. The van der Waals surface area contributed by atoms with Crippen molar-refractivity contribution in [2.45, 2.75) is 13.3 Å². The van der Waals surface area contributed by atoms with Crippen LogP contribution >= 0.6 is 11.3 Å². The van der Waals surface area contributed by atoms with Gasteiger partial charge in [-0.05, 0) is 30.2 Å².